The molecule has 0 amide bonds. The standard InChI is InChI=1S/C18H24N4OS/c1-14-13-24-18(20-14)12-21-7-4-17-16(11-21)22(8-9-23-17)10-15-2-5-19-6-3-15/h2-3,5-6,13,16-17H,4,7-12H2,1H3/t16-,17-/m0/s1. The lowest BCUT2D eigenvalue weighted by Crippen LogP contribution is -2.59. The van der Waals surface area contributed by atoms with E-state index in [0.29, 0.717) is 12.1 Å². The number of aryl methyl sites for hydroxylation is 1. The van der Waals surface area contributed by atoms with Crippen molar-refractivity contribution in [2.75, 3.05) is 26.2 Å². The SMILES string of the molecule is Cc1csc(CN2CC[C@@H]3OCCN(Cc4ccncc4)[C@H]3C2)n1. The van der Waals surface area contributed by atoms with Crippen molar-refractivity contribution in [3.8, 4) is 0 Å². The van der Waals surface area contributed by atoms with Gasteiger partial charge in [-0.1, -0.05) is 0 Å². The fourth-order valence-corrected chi connectivity index (χ4v) is 4.55. The third-order valence-electron chi connectivity index (χ3n) is 4.94. The molecule has 4 heterocycles. The lowest BCUT2D eigenvalue weighted by atomic mass is 9.98. The van der Waals surface area contributed by atoms with Crippen LogP contribution in [0, 0.1) is 6.92 Å². The number of piperidine rings is 1. The molecule has 0 saturated carbocycles. The first-order valence-corrected chi connectivity index (χ1v) is 9.54. The highest BCUT2D eigenvalue weighted by atomic mass is 32.1. The van der Waals surface area contributed by atoms with Gasteiger partial charge in [0, 0.05) is 55.7 Å². The average Bonchev–Trinajstić information content (AvgIpc) is 3.01. The molecule has 2 aliphatic rings. The molecule has 2 aromatic heterocycles. The fraction of sp³-hybridized carbons (Fsp3) is 0.556. The number of pyridine rings is 1. The van der Waals surface area contributed by atoms with Crippen LogP contribution in [0.3, 0.4) is 0 Å². The highest BCUT2D eigenvalue weighted by molar-refractivity contribution is 7.09. The smallest absolute Gasteiger partial charge is 0.107 e. The maximum Gasteiger partial charge on any atom is 0.107 e. The Hall–Kier alpha value is -1.34. The highest BCUT2D eigenvalue weighted by Gasteiger charge is 2.37. The molecule has 0 bridgehead atoms. The zero-order chi connectivity index (χ0) is 16.4. The Bertz CT molecular complexity index is 662. The number of ether oxygens (including phenoxy) is 1. The average molecular weight is 344 g/mol. The maximum absolute atomic E-state index is 6.06. The summed E-state index contributed by atoms with van der Waals surface area (Å²) in [6, 6.07) is 4.70. The molecule has 0 radical (unpaired) electrons. The van der Waals surface area contributed by atoms with Gasteiger partial charge in [-0.15, -0.1) is 11.3 Å². The van der Waals surface area contributed by atoms with E-state index in [1.54, 1.807) is 11.3 Å². The van der Waals surface area contributed by atoms with E-state index < -0.39 is 0 Å². The molecule has 24 heavy (non-hydrogen) atoms. The highest BCUT2D eigenvalue weighted by Crippen LogP contribution is 2.26. The molecular weight excluding hydrogens is 320 g/mol. The summed E-state index contributed by atoms with van der Waals surface area (Å²) in [5.74, 6) is 0. The molecule has 6 heteroatoms. The minimum Gasteiger partial charge on any atom is -0.375 e. The van der Waals surface area contributed by atoms with Crippen LogP contribution in [0.25, 0.3) is 0 Å². The molecule has 2 aromatic rings. The van der Waals surface area contributed by atoms with E-state index in [1.165, 1.54) is 10.6 Å². The number of rotatable bonds is 4. The van der Waals surface area contributed by atoms with Crippen LogP contribution in [0.4, 0.5) is 0 Å². The van der Waals surface area contributed by atoms with Crippen LogP contribution in [0.5, 0.6) is 0 Å². The Morgan fingerprint density at radius 3 is 2.92 bits per heavy atom. The van der Waals surface area contributed by atoms with E-state index in [1.807, 2.05) is 12.4 Å². The van der Waals surface area contributed by atoms with E-state index in [9.17, 15) is 0 Å². The van der Waals surface area contributed by atoms with Crippen molar-refractivity contribution in [3.05, 3.63) is 46.2 Å². The van der Waals surface area contributed by atoms with Gasteiger partial charge in [0.25, 0.3) is 0 Å². The van der Waals surface area contributed by atoms with E-state index in [-0.39, 0.29) is 0 Å². The van der Waals surface area contributed by atoms with E-state index >= 15 is 0 Å². The van der Waals surface area contributed by atoms with Crippen LogP contribution in [0.2, 0.25) is 0 Å². The fourth-order valence-electron chi connectivity index (χ4n) is 3.74. The molecule has 128 valence electrons. The molecule has 0 aliphatic carbocycles. The third-order valence-corrected chi connectivity index (χ3v) is 5.90. The number of hydrogen-bond donors (Lipinski definition) is 0. The zero-order valence-corrected chi connectivity index (χ0v) is 14.9. The van der Waals surface area contributed by atoms with E-state index in [2.05, 4.69) is 44.2 Å². The monoisotopic (exact) mass is 344 g/mol. The van der Waals surface area contributed by atoms with Gasteiger partial charge in [0.2, 0.25) is 0 Å². The molecule has 0 spiro atoms. The van der Waals surface area contributed by atoms with Crippen molar-refractivity contribution in [1.82, 2.24) is 19.8 Å². The second-order valence-electron chi connectivity index (χ2n) is 6.71. The van der Waals surface area contributed by atoms with Crippen LogP contribution in [-0.2, 0) is 17.8 Å². The Morgan fingerprint density at radius 1 is 1.25 bits per heavy atom. The van der Waals surface area contributed by atoms with Crippen LogP contribution in [-0.4, -0.2) is 58.2 Å². The van der Waals surface area contributed by atoms with Gasteiger partial charge in [-0.2, -0.15) is 0 Å². The van der Waals surface area contributed by atoms with Gasteiger partial charge in [0.15, 0.2) is 0 Å². The van der Waals surface area contributed by atoms with E-state index in [4.69, 9.17) is 4.74 Å². The summed E-state index contributed by atoms with van der Waals surface area (Å²) >= 11 is 1.77. The normalized spacial score (nSPS) is 25.5. The molecule has 0 aromatic carbocycles. The topological polar surface area (TPSA) is 41.5 Å². The molecule has 2 saturated heterocycles. The molecule has 0 unspecified atom stereocenters. The predicted molar refractivity (Wildman–Crippen MR) is 94.9 cm³/mol. The van der Waals surface area contributed by atoms with Crippen LogP contribution >= 0.6 is 11.3 Å². The summed E-state index contributed by atoms with van der Waals surface area (Å²) in [6.45, 7) is 8.03. The van der Waals surface area contributed by atoms with Crippen molar-refractivity contribution in [3.63, 3.8) is 0 Å². The molecule has 2 aliphatic heterocycles. The summed E-state index contributed by atoms with van der Waals surface area (Å²) < 4.78 is 6.06. The van der Waals surface area contributed by atoms with Gasteiger partial charge >= 0.3 is 0 Å². The number of nitrogens with zero attached hydrogens (tertiary/aromatic N) is 4. The number of hydrogen-bond acceptors (Lipinski definition) is 6. The number of aromatic nitrogens is 2. The molecule has 2 atom stereocenters. The zero-order valence-electron chi connectivity index (χ0n) is 14.1. The summed E-state index contributed by atoms with van der Waals surface area (Å²) in [7, 11) is 0. The summed E-state index contributed by atoms with van der Waals surface area (Å²) in [4.78, 5) is 13.9. The Kier molecular flexibility index (Phi) is 4.89. The lowest BCUT2D eigenvalue weighted by Gasteiger charge is -2.47. The Morgan fingerprint density at radius 2 is 2.12 bits per heavy atom. The van der Waals surface area contributed by atoms with Crippen molar-refractivity contribution < 1.29 is 4.74 Å². The minimum atomic E-state index is 0.370. The van der Waals surface area contributed by atoms with Gasteiger partial charge < -0.3 is 4.74 Å². The van der Waals surface area contributed by atoms with Gasteiger partial charge in [0.1, 0.15) is 5.01 Å². The Labute approximate surface area is 147 Å². The van der Waals surface area contributed by atoms with Gasteiger partial charge in [-0.25, -0.2) is 4.98 Å². The largest absolute Gasteiger partial charge is 0.375 e. The number of likely N-dealkylation sites (tertiary alicyclic amines) is 1. The molecular formula is C18H24N4OS. The first kappa shape index (κ1) is 16.1. The minimum absolute atomic E-state index is 0.370. The molecule has 2 fully saturated rings. The van der Waals surface area contributed by atoms with E-state index in [0.717, 1.165) is 51.4 Å². The first-order valence-electron chi connectivity index (χ1n) is 8.66. The van der Waals surface area contributed by atoms with Gasteiger partial charge in [-0.3, -0.25) is 14.8 Å². The molecule has 5 nitrogen and oxygen atoms in total. The van der Waals surface area contributed by atoms with Crippen molar-refractivity contribution in [2.45, 2.75) is 38.6 Å². The third kappa shape index (κ3) is 3.67. The molecule has 0 N–H and O–H groups in total. The summed E-state index contributed by atoms with van der Waals surface area (Å²) in [5.41, 5.74) is 2.46. The first-order chi connectivity index (χ1) is 11.8. The summed E-state index contributed by atoms with van der Waals surface area (Å²) in [5, 5.41) is 3.37. The lowest BCUT2D eigenvalue weighted by molar-refractivity contribution is -0.107. The van der Waals surface area contributed by atoms with Crippen LogP contribution in [0.15, 0.2) is 29.9 Å². The van der Waals surface area contributed by atoms with Gasteiger partial charge in [0.05, 0.1) is 19.3 Å². The van der Waals surface area contributed by atoms with Crippen molar-refractivity contribution in [1.29, 1.82) is 0 Å². The predicted octanol–water partition coefficient (Wildman–Crippen LogP) is 2.32. The molecule has 4 rings (SSSR count). The number of morpholine rings is 1. The maximum atomic E-state index is 6.06. The Balaban J connectivity index is 1.43. The number of thiazole rings is 1. The summed E-state index contributed by atoms with van der Waals surface area (Å²) in [6.07, 6.45) is 5.24. The van der Waals surface area contributed by atoms with Crippen LogP contribution in [0.1, 0.15) is 22.7 Å². The van der Waals surface area contributed by atoms with Gasteiger partial charge in [-0.05, 0) is 31.0 Å². The van der Waals surface area contributed by atoms with Crippen LogP contribution < -0.4 is 0 Å². The number of fused-ring (bicyclic) bond motifs is 1. The second kappa shape index (κ2) is 7.27. The van der Waals surface area contributed by atoms with Crippen molar-refractivity contribution in [2.24, 2.45) is 0 Å². The quantitative estimate of drug-likeness (QED) is 0.851. The van der Waals surface area contributed by atoms with Crippen molar-refractivity contribution >= 4 is 11.3 Å². The second-order valence-corrected chi connectivity index (χ2v) is 7.65.